The number of likely N-dealkylation sites (tertiary alicyclic amines) is 1. The highest BCUT2D eigenvalue weighted by molar-refractivity contribution is 7.09. The van der Waals surface area contributed by atoms with Crippen LogP contribution in [0, 0.1) is 11.8 Å². The van der Waals surface area contributed by atoms with Crippen molar-refractivity contribution in [1.29, 1.82) is 0 Å². The highest BCUT2D eigenvalue weighted by Crippen LogP contribution is 2.55. The van der Waals surface area contributed by atoms with Crippen LogP contribution < -0.4 is 15.4 Å². The highest BCUT2D eigenvalue weighted by Gasteiger charge is 2.72. The van der Waals surface area contributed by atoms with Crippen LogP contribution in [-0.4, -0.2) is 53.5 Å². The fourth-order valence-corrected chi connectivity index (χ4v) is 7.16. The van der Waals surface area contributed by atoms with Gasteiger partial charge in [0, 0.05) is 22.7 Å². The number of rotatable bonds is 7. The molecule has 8 nitrogen and oxygen atoms in total. The Kier molecular flexibility index (Phi) is 6.28. The number of nitrogens with zero attached hydrogens (tertiary/aromatic N) is 1. The molecule has 1 aromatic heterocycles. The van der Waals surface area contributed by atoms with Gasteiger partial charge in [-0.1, -0.05) is 43.5 Å². The Morgan fingerprint density at radius 3 is 2.76 bits per heavy atom. The lowest BCUT2D eigenvalue weighted by atomic mass is 9.74. The molecule has 4 aliphatic rings. The minimum atomic E-state index is -1.16. The number of hydrogen-bond acceptors (Lipinski definition) is 6. The maximum Gasteiger partial charge on any atom is 0.246 e. The van der Waals surface area contributed by atoms with Gasteiger partial charge >= 0.3 is 0 Å². The number of benzene rings is 1. The quantitative estimate of drug-likeness (QED) is 0.544. The van der Waals surface area contributed by atoms with Crippen molar-refractivity contribution in [2.75, 3.05) is 12.4 Å². The summed E-state index contributed by atoms with van der Waals surface area (Å²) in [6, 6.07) is 10.3. The van der Waals surface area contributed by atoms with E-state index in [1.54, 1.807) is 47.6 Å². The van der Waals surface area contributed by atoms with Crippen molar-refractivity contribution in [1.82, 2.24) is 10.2 Å². The Hall–Kier alpha value is -3.17. The molecule has 2 saturated heterocycles. The average Bonchev–Trinajstić information content (AvgIpc) is 3.68. The topological polar surface area (TPSA) is 97.0 Å². The molecule has 5 atom stereocenters. The van der Waals surface area contributed by atoms with Crippen LogP contribution >= 0.6 is 11.3 Å². The predicted molar refractivity (Wildman–Crippen MR) is 139 cm³/mol. The fraction of sp³-hybridized carbons (Fsp3) is 0.464. The molecule has 37 heavy (non-hydrogen) atoms. The number of methoxy groups -OCH3 is 1. The Morgan fingerprint density at radius 1 is 1.16 bits per heavy atom. The van der Waals surface area contributed by atoms with Gasteiger partial charge in [0.05, 0.1) is 31.6 Å². The van der Waals surface area contributed by atoms with E-state index >= 15 is 0 Å². The molecule has 3 fully saturated rings. The summed E-state index contributed by atoms with van der Waals surface area (Å²) in [6.07, 6.45) is 8.39. The number of nitrogens with one attached hydrogen (secondary N) is 2. The molecule has 2 aromatic rings. The first-order valence-corrected chi connectivity index (χ1v) is 13.8. The number of fused-ring (bicyclic) bond motifs is 1. The van der Waals surface area contributed by atoms with Crippen molar-refractivity contribution in [3.8, 4) is 5.75 Å². The van der Waals surface area contributed by atoms with Crippen LogP contribution in [-0.2, 0) is 25.7 Å². The van der Waals surface area contributed by atoms with E-state index in [0.29, 0.717) is 18.0 Å². The van der Waals surface area contributed by atoms with E-state index in [2.05, 4.69) is 10.6 Å². The van der Waals surface area contributed by atoms with Gasteiger partial charge in [-0.3, -0.25) is 14.4 Å². The van der Waals surface area contributed by atoms with Crippen molar-refractivity contribution in [3.05, 3.63) is 58.8 Å². The molecule has 0 radical (unpaired) electrons. The van der Waals surface area contributed by atoms with E-state index in [-0.39, 0.29) is 23.8 Å². The molecule has 3 amide bonds. The summed E-state index contributed by atoms with van der Waals surface area (Å²) in [5.74, 6) is -1.59. The van der Waals surface area contributed by atoms with Crippen molar-refractivity contribution in [3.63, 3.8) is 0 Å². The number of ether oxygens (including phenoxy) is 2. The summed E-state index contributed by atoms with van der Waals surface area (Å²) < 4.78 is 11.7. The Labute approximate surface area is 220 Å². The third-order valence-corrected chi connectivity index (χ3v) is 8.98. The molecule has 1 aromatic carbocycles. The predicted octanol–water partition coefficient (Wildman–Crippen LogP) is 3.49. The first kappa shape index (κ1) is 24.2. The second-order valence-electron chi connectivity index (χ2n) is 10.3. The molecule has 1 aliphatic carbocycles. The van der Waals surface area contributed by atoms with Crippen LogP contribution in [0.1, 0.15) is 37.0 Å². The van der Waals surface area contributed by atoms with Crippen LogP contribution in [0.15, 0.2) is 53.9 Å². The van der Waals surface area contributed by atoms with Crippen LogP contribution in [0.5, 0.6) is 5.75 Å². The van der Waals surface area contributed by atoms with Crippen molar-refractivity contribution >= 4 is 34.7 Å². The molecule has 9 heteroatoms. The van der Waals surface area contributed by atoms with E-state index in [1.807, 2.05) is 29.7 Å². The third kappa shape index (κ3) is 4.14. The second kappa shape index (κ2) is 9.61. The summed E-state index contributed by atoms with van der Waals surface area (Å²) in [5, 5.41) is 8.12. The third-order valence-electron chi connectivity index (χ3n) is 8.12. The molecular formula is C28H31N3O5S. The van der Waals surface area contributed by atoms with E-state index in [9.17, 15) is 14.4 Å². The van der Waals surface area contributed by atoms with Crippen molar-refractivity contribution < 1.29 is 23.9 Å². The lowest BCUT2D eigenvalue weighted by molar-refractivity contribution is -0.142. The smallest absolute Gasteiger partial charge is 0.246 e. The van der Waals surface area contributed by atoms with Crippen LogP contribution in [0.25, 0.3) is 0 Å². The first-order chi connectivity index (χ1) is 18.0. The molecule has 1 spiro atoms. The lowest BCUT2D eigenvalue weighted by Crippen LogP contribution is -2.56. The maximum atomic E-state index is 14.0. The minimum absolute atomic E-state index is 0.102. The summed E-state index contributed by atoms with van der Waals surface area (Å²) in [6.45, 7) is 0.309. The Morgan fingerprint density at radius 2 is 2.00 bits per heavy atom. The van der Waals surface area contributed by atoms with Gasteiger partial charge in [0.1, 0.15) is 17.4 Å². The summed E-state index contributed by atoms with van der Waals surface area (Å²) in [4.78, 5) is 44.0. The number of carbonyl (C=O) groups is 3. The zero-order chi connectivity index (χ0) is 25.6. The molecule has 2 N–H and O–H groups in total. The largest absolute Gasteiger partial charge is 0.497 e. The SMILES string of the molecule is COc1cccc(NC(=O)[C@@H]2[C@H]3C=C[C@@]4(O3)[C@H]2C(=O)N(Cc2cccs2)[C@@H]4C(=O)NC2CCCCC2)c1. The average molecular weight is 522 g/mol. The van der Waals surface area contributed by atoms with E-state index in [0.717, 1.165) is 30.6 Å². The summed E-state index contributed by atoms with van der Waals surface area (Å²) >= 11 is 1.54. The molecule has 1 saturated carbocycles. The molecule has 2 bridgehead atoms. The Bertz CT molecular complexity index is 1220. The maximum absolute atomic E-state index is 14.0. The fourth-order valence-electron chi connectivity index (χ4n) is 6.46. The number of carbonyl (C=O) groups excluding carboxylic acids is 3. The van der Waals surface area contributed by atoms with Gasteiger partial charge in [0.15, 0.2) is 0 Å². The van der Waals surface area contributed by atoms with Crippen molar-refractivity contribution in [2.45, 2.75) is 62.4 Å². The first-order valence-electron chi connectivity index (χ1n) is 13.0. The number of hydrogen-bond donors (Lipinski definition) is 2. The standard InChI is InChI=1S/C28H31N3O5S/c1-35-19-10-5-9-18(15-19)30-25(32)22-21-12-13-28(36-21)23(22)27(34)31(16-20-11-6-14-37-20)24(28)26(33)29-17-7-3-2-4-8-17/h5-6,9-15,17,21-24H,2-4,7-8,16H2,1H3,(H,29,33)(H,30,32)/t21-,22-,23-,24-,28-/m1/s1. The zero-order valence-electron chi connectivity index (χ0n) is 20.7. The van der Waals surface area contributed by atoms with Gasteiger partial charge in [-0.15, -0.1) is 11.3 Å². The van der Waals surface area contributed by atoms with Gasteiger partial charge in [-0.25, -0.2) is 0 Å². The lowest BCUT2D eigenvalue weighted by Gasteiger charge is -2.34. The van der Waals surface area contributed by atoms with Gasteiger partial charge in [0.25, 0.3) is 0 Å². The Balaban J connectivity index is 1.31. The molecule has 194 valence electrons. The second-order valence-corrected chi connectivity index (χ2v) is 11.3. The minimum Gasteiger partial charge on any atom is -0.497 e. The van der Waals surface area contributed by atoms with Crippen LogP contribution in [0.3, 0.4) is 0 Å². The monoisotopic (exact) mass is 521 g/mol. The number of anilines is 1. The molecule has 6 rings (SSSR count). The van der Waals surface area contributed by atoms with E-state index in [1.165, 1.54) is 6.42 Å². The van der Waals surface area contributed by atoms with Gasteiger partial charge < -0.3 is 25.0 Å². The summed E-state index contributed by atoms with van der Waals surface area (Å²) in [5.41, 5.74) is -0.577. The number of thiophene rings is 1. The highest BCUT2D eigenvalue weighted by atomic mass is 32.1. The summed E-state index contributed by atoms with van der Waals surface area (Å²) in [7, 11) is 1.57. The number of amides is 3. The van der Waals surface area contributed by atoms with E-state index < -0.39 is 29.6 Å². The normalized spacial score (nSPS) is 30.4. The molecule has 3 aliphatic heterocycles. The van der Waals surface area contributed by atoms with Crippen LogP contribution in [0.4, 0.5) is 5.69 Å². The van der Waals surface area contributed by atoms with Crippen molar-refractivity contribution in [2.24, 2.45) is 11.8 Å². The molecule has 0 unspecified atom stereocenters. The van der Waals surface area contributed by atoms with Gasteiger partial charge in [0.2, 0.25) is 17.7 Å². The van der Waals surface area contributed by atoms with Gasteiger partial charge in [-0.05, 0) is 36.4 Å². The van der Waals surface area contributed by atoms with Gasteiger partial charge in [-0.2, -0.15) is 0 Å². The van der Waals surface area contributed by atoms with E-state index in [4.69, 9.17) is 9.47 Å². The molecule has 4 heterocycles. The van der Waals surface area contributed by atoms with Crippen LogP contribution in [0.2, 0.25) is 0 Å². The molecular weight excluding hydrogens is 490 g/mol. The zero-order valence-corrected chi connectivity index (χ0v) is 21.5.